The van der Waals surface area contributed by atoms with Crippen molar-refractivity contribution in [3.8, 4) is 0 Å². The molecule has 20 heavy (non-hydrogen) atoms. The summed E-state index contributed by atoms with van der Waals surface area (Å²) in [6, 6.07) is 5.97. The molecule has 1 heterocycles. The lowest BCUT2D eigenvalue weighted by atomic mass is 10.1. The molecule has 0 atom stereocenters. The highest BCUT2D eigenvalue weighted by molar-refractivity contribution is 9.11. The monoisotopic (exact) mass is 374 g/mol. The van der Waals surface area contributed by atoms with Crippen LogP contribution in [0, 0.1) is 0 Å². The van der Waals surface area contributed by atoms with Crippen LogP contribution in [0.4, 0.5) is 5.13 Å². The molecule has 5 nitrogen and oxygen atoms in total. The number of sulfonamides is 1. The van der Waals surface area contributed by atoms with Gasteiger partial charge in [-0.3, -0.25) is 9.52 Å². The van der Waals surface area contributed by atoms with E-state index in [9.17, 15) is 13.2 Å². The van der Waals surface area contributed by atoms with Crippen molar-refractivity contribution in [2.45, 2.75) is 18.2 Å². The van der Waals surface area contributed by atoms with Crippen molar-refractivity contribution >= 4 is 48.2 Å². The second kappa shape index (κ2) is 6.02. The third-order valence-electron chi connectivity index (χ3n) is 2.49. The summed E-state index contributed by atoms with van der Waals surface area (Å²) in [5.41, 5.74) is 0.385. The number of hydrogen-bond acceptors (Lipinski definition) is 5. The molecule has 8 heteroatoms. The van der Waals surface area contributed by atoms with Gasteiger partial charge in [-0.05, 0) is 28.1 Å². The van der Waals surface area contributed by atoms with Crippen LogP contribution in [0.25, 0.3) is 0 Å². The Labute approximate surface area is 129 Å². The molecule has 0 saturated carbocycles. The number of ketones is 1. The molecular weight excluding hydrogens is 364 g/mol. The maximum atomic E-state index is 12.2. The average molecular weight is 375 g/mol. The van der Waals surface area contributed by atoms with Crippen LogP contribution in [-0.4, -0.2) is 19.2 Å². The van der Waals surface area contributed by atoms with Gasteiger partial charge in [-0.15, -0.1) is 0 Å². The highest BCUT2D eigenvalue weighted by atomic mass is 79.9. The minimum Gasteiger partial charge on any atom is -0.294 e. The Morgan fingerprint density at radius 3 is 2.80 bits per heavy atom. The fourth-order valence-electron chi connectivity index (χ4n) is 1.52. The summed E-state index contributed by atoms with van der Waals surface area (Å²) in [5, 5.41) is 0.268. The van der Waals surface area contributed by atoms with Gasteiger partial charge in [0.2, 0.25) is 0 Å². The van der Waals surface area contributed by atoms with Gasteiger partial charge >= 0.3 is 0 Å². The van der Waals surface area contributed by atoms with Crippen LogP contribution in [0.1, 0.15) is 23.7 Å². The normalized spacial score (nSPS) is 11.3. The smallest absolute Gasteiger partial charge is 0.263 e. The van der Waals surface area contributed by atoms with Crippen molar-refractivity contribution in [1.29, 1.82) is 0 Å². The van der Waals surface area contributed by atoms with E-state index in [1.165, 1.54) is 29.7 Å². The number of rotatable bonds is 5. The average Bonchev–Trinajstić information content (AvgIpc) is 2.82. The summed E-state index contributed by atoms with van der Waals surface area (Å²) >= 11 is 4.39. The van der Waals surface area contributed by atoms with Crippen LogP contribution in [0.2, 0.25) is 0 Å². The van der Waals surface area contributed by atoms with E-state index in [2.05, 4.69) is 25.6 Å². The lowest BCUT2D eigenvalue weighted by Crippen LogP contribution is -2.13. The van der Waals surface area contributed by atoms with Gasteiger partial charge in [0.1, 0.15) is 0 Å². The van der Waals surface area contributed by atoms with E-state index in [1.807, 2.05) is 0 Å². The molecule has 0 aliphatic rings. The number of benzene rings is 1. The summed E-state index contributed by atoms with van der Waals surface area (Å²) in [5.74, 6) is -0.0981. The first-order chi connectivity index (χ1) is 9.42. The predicted molar refractivity (Wildman–Crippen MR) is 81.7 cm³/mol. The Balaban J connectivity index is 2.32. The van der Waals surface area contributed by atoms with Crippen LogP contribution in [0.3, 0.4) is 0 Å². The molecule has 1 N–H and O–H groups in total. The highest BCUT2D eigenvalue weighted by Gasteiger charge is 2.17. The van der Waals surface area contributed by atoms with Crippen LogP contribution >= 0.6 is 27.3 Å². The maximum absolute atomic E-state index is 12.2. The zero-order valence-electron chi connectivity index (χ0n) is 10.5. The van der Waals surface area contributed by atoms with E-state index in [-0.39, 0.29) is 15.8 Å². The van der Waals surface area contributed by atoms with Crippen LogP contribution in [0.5, 0.6) is 0 Å². The van der Waals surface area contributed by atoms with Gasteiger partial charge in [0, 0.05) is 12.0 Å². The van der Waals surface area contributed by atoms with Crippen molar-refractivity contribution in [1.82, 2.24) is 4.98 Å². The van der Waals surface area contributed by atoms with E-state index in [0.29, 0.717) is 12.0 Å². The quantitative estimate of drug-likeness (QED) is 0.814. The topological polar surface area (TPSA) is 76.1 Å². The third kappa shape index (κ3) is 3.44. The molecule has 0 spiro atoms. The van der Waals surface area contributed by atoms with Crippen molar-refractivity contribution < 1.29 is 13.2 Å². The number of nitrogens with one attached hydrogen (secondary N) is 1. The lowest BCUT2D eigenvalue weighted by molar-refractivity contribution is 0.0988. The number of halogens is 1. The number of thiazole rings is 1. The Morgan fingerprint density at radius 2 is 2.20 bits per heavy atom. The number of carbonyl (C=O) groups excluding carboxylic acids is 1. The van der Waals surface area contributed by atoms with Gasteiger partial charge in [0.15, 0.2) is 10.9 Å². The SMILES string of the molecule is CCC(=O)c1cccc(S(=O)(=O)Nc2ncc(Br)s2)c1. The molecule has 2 aromatic rings. The molecule has 1 aromatic carbocycles. The Bertz CT molecular complexity index is 741. The van der Waals surface area contributed by atoms with Gasteiger partial charge in [-0.1, -0.05) is 30.4 Å². The Morgan fingerprint density at radius 1 is 1.45 bits per heavy atom. The van der Waals surface area contributed by atoms with Gasteiger partial charge in [0.25, 0.3) is 10.0 Å². The second-order valence-corrected chi connectivity index (χ2v) is 7.97. The molecular formula is C12H11BrN2O3S2. The number of anilines is 1. The summed E-state index contributed by atoms with van der Waals surface area (Å²) in [4.78, 5) is 15.6. The first-order valence-electron chi connectivity index (χ1n) is 5.70. The fraction of sp³-hybridized carbons (Fsp3) is 0.167. The Hall–Kier alpha value is -1.25. The van der Waals surface area contributed by atoms with E-state index in [0.717, 1.165) is 3.79 Å². The number of nitrogens with zero attached hydrogens (tertiary/aromatic N) is 1. The van der Waals surface area contributed by atoms with Crippen molar-refractivity contribution in [2.24, 2.45) is 0 Å². The van der Waals surface area contributed by atoms with Gasteiger partial charge in [0.05, 0.1) is 14.9 Å². The second-order valence-electron chi connectivity index (χ2n) is 3.88. The van der Waals surface area contributed by atoms with Crippen LogP contribution < -0.4 is 4.72 Å². The van der Waals surface area contributed by atoms with Crippen molar-refractivity contribution in [2.75, 3.05) is 4.72 Å². The van der Waals surface area contributed by atoms with Crippen LogP contribution in [0.15, 0.2) is 39.1 Å². The zero-order chi connectivity index (χ0) is 14.8. The minimum atomic E-state index is -3.74. The van der Waals surface area contributed by atoms with Crippen molar-refractivity contribution in [3.63, 3.8) is 0 Å². The van der Waals surface area contributed by atoms with E-state index in [1.54, 1.807) is 19.1 Å². The first-order valence-corrected chi connectivity index (χ1v) is 8.79. The Kier molecular flexibility index (Phi) is 4.56. The standard InChI is InChI=1S/C12H11BrN2O3S2/c1-2-10(16)8-4-3-5-9(6-8)20(17,18)15-12-14-7-11(13)19-12/h3-7H,2H2,1H3,(H,14,15). The lowest BCUT2D eigenvalue weighted by Gasteiger charge is -2.06. The molecule has 0 aliphatic heterocycles. The van der Waals surface area contributed by atoms with E-state index < -0.39 is 10.0 Å². The fourth-order valence-corrected chi connectivity index (χ4v) is 3.91. The van der Waals surface area contributed by atoms with E-state index >= 15 is 0 Å². The van der Waals surface area contributed by atoms with Gasteiger partial charge in [-0.25, -0.2) is 13.4 Å². The largest absolute Gasteiger partial charge is 0.294 e. The number of aromatic nitrogens is 1. The highest BCUT2D eigenvalue weighted by Crippen LogP contribution is 2.25. The minimum absolute atomic E-state index is 0.0446. The molecule has 0 aliphatic carbocycles. The molecule has 0 amide bonds. The van der Waals surface area contributed by atoms with Crippen LogP contribution in [-0.2, 0) is 10.0 Å². The van der Waals surface area contributed by atoms with Crippen molar-refractivity contribution in [3.05, 3.63) is 39.8 Å². The summed E-state index contributed by atoms with van der Waals surface area (Å²) < 4.78 is 27.5. The molecule has 1 aromatic heterocycles. The molecule has 0 fully saturated rings. The first kappa shape index (κ1) is 15.1. The van der Waals surface area contributed by atoms with E-state index in [4.69, 9.17) is 0 Å². The summed E-state index contributed by atoms with van der Waals surface area (Å²) in [6.45, 7) is 1.73. The van der Waals surface area contributed by atoms with Gasteiger partial charge in [-0.2, -0.15) is 0 Å². The molecule has 0 unspecified atom stereocenters. The number of carbonyl (C=O) groups is 1. The van der Waals surface area contributed by atoms with Gasteiger partial charge < -0.3 is 0 Å². The molecule has 0 radical (unpaired) electrons. The molecule has 2 rings (SSSR count). The summed E-state index contributed by atoms with van der Waals surface area (Å²) in [6.07, 6.45) is 1.84. The molecule has 106 valence electrons. The third-order valence-corrected chi connectivity index (χ3v) is 5.34. The number of hydrogen-bond donors (Lipinski definition) is 1. The summed E-state index contributed by atoms with van der Waals surface area (Å²) in [7, 11) is -3.74. The maximum Gasteiger partial charge on any atom is 0.263 e. The molecule has 0 saturated heterocycles. The predicted octanol–water partition coefficient (Wildman–Crippen LogP) is 3.30. The number of Topliss-reactive ketones (excluding diaryl/α,β-unsaturated/α-hetero) is 1. The molecule has 0 bridgehead atoms. The zero-order valence-corrected chi connectivity index (χ0v) is 13.7.